The lowest BCUT2D eigenvalue weighted by Gasteiger charge is -2.11. The van der Waals surface area contributed by atoms with Crippen LogP contribution in [0.3, 0.4) is 0 Å². The van der Waals surface area contributed by atoms with Crippen molar-refractivity contribution in [2.45, 2.75) is 26.4 Å². The third-order valence-electron chi connectivity index (χ3n) is 2.59. The maximum absolute atomic E-state index is 6.12. The Balaban J connectivity index is 2.14. The molecule has 1 heterocycles. The van der Waals surface area contributed by atoms with Crippen molar-refractivity contribution in [1.82, 2.24) is 9.97 Å². The van der Waals surface area contributed by atoms with E-state index >= 15 is 0 Å². The molecule has 2 rings (SSSR count). The normalized spacial score (nSPS) is 10.8. The summed E-state index contributed by atoms with van der Waals surface area (Å²) in [6.07, 6.45) is 0. The van der Waals surface area contributed by atoms with Crippen LogP contribution in [-0.2, 0) is 6.61 Å². The maximum atomic E-state index is 6.12. The summed E-state index contributed by atoms with van der Waals surface area (Å²) in [6.45, 7) is 4.23. The van der Waals surface area contributed by atoms with Crippen LogP contribution in [-0.4, -0.2) is 9.97 Å². The number of para-hydroxylation sites is 1. The van der Waals surface area contributed by atoms with Crippen molar-refractivity contribution in [3.8, 4) is 5.75 Å². The quantitative estimate of drug-likeness (QED) is 0.780. The van der Waals surface area contributed by atoms with Gasteiger partial charge in [-0.2, -0.15) is 0 Å². The van der Waals surface area contributed by atoms with Crippen LogP contribution in [0.4, 0.5) is 0 Å². The van der Waals surface area contributed by atoms with Crippen LogP contribution in [0.5, 0.6) is 5.75 Å². The van der Waals surface area contributed by atoms with Gasteiger partial charge in [-0.3, -0.25) is 0 Å². The van der Waals surface area contributed by atoms with Crippen LogP contribution in [0.1, 0.15) is 31.2 Å². The predicted molar refractivity (Wildman–Crippen MR) is 76.9 cm³/mol. The van der Waals surface area contributed by atoms with Crippen molar-refractivity contribution in [3.05, 3.63) is 52.0 Å². The van der Waals surface area contributed by atoms with Crippen LogP contribution in [0.25, 0.3) is 0 Å². The van der Waals surface area contributed by atoms with Gasteiger partial charge in [-0.25, -0.2) is 9.97 Å². The van der Waals surface area contributed by atoms with Crippen LogP contribution in [0, 0.1) is 0 Å². The number of rotatable bonds is 4. The molecule has 3 nitrogen and oxygen atoms in total. The maximum Gasteiger partial charge on any atom is 0.169 e. The third-order valence-corrected chi connectivity index (χ3v) is 3.16. The lowest BCUT2D eigenvalue weighted by Crippen LogP contribution is -2.05. The average molecular weight is 297 g/mol. The molecule has 0 N–H and O–H groups in total. The first-order chi connectivity index (χ1) is 9.08. The molecule has 19 heavy (non-hydrogen) atoms. The molecule has 1 aromatic carbocycles. The first-order valence-corrected chi connectivity index (χ1v) is 6.73. The Morgan fingerprint density at radius 2 is 1.63 bits per heavy atom. The minimum Gasteiger partial charge on any atom is -0.486 e. The topological polar surface area (TPSA) is 35.0 Å². The van der Waals surface area contributed by atoms with Gasteiger partial charge in [0.1, 0.15) is 22.7 Å². The number of aromatic nitrogens is 2. The van der Waals surface area contributed by atoms with Gasteiger partial charge in [0.15, 0.2) is 5.82 Å². The molecule has 0 atom stereocenters. The van der Waals surface area contributed by atoms with Crippen molar-refractivity contribution in [1.29, 1.82) is 0 Å². The fourth-order valence-corrected chi connectivity index (χ4v) is 2.52. The second kappa shape index (κ2) is 6.22. The van der Waals surface area contributed by atoms with Gasteiger partial charge in [-0.05, 0) is 18.1 Å². The lowest BCUT2D eigenvalue weighted by atomic mass is 10.1. The fourth-order valence-electron chi connectivity index (χ4n) is 1.66. The molecule has 5 heteroatoms. The van der Waals surface area contributed by atoms with Crippen LogP contribution < -0.4 is 4.74 Å². The Hall–Kier alpha value is -1.32. The van der Waals surface area contributed by atoms with Gasteiger partial charge in [-0.15, -0.1) is 0 Å². The SMILES string of the molecule is CC(C)c1c(Cl)nc(COc2ccccc2)nc1Cl. The third kappa shape index (κ3) is 3.58. The zero-order chi connectivity index (χ0) is 13.8. The molecule has 0 fully saturated rings. The molecule has 0 bridgehead atoms. The van der Waals surface area contributed by atoms with Crippen LogP contribution >= 0.6 is 23.2 Å². The lowest BCUT2D eigenvalue weighted by molar-refractivity contribution is 0.295. The zero-order valence-corrected chi connectivity index (χ0v) is 12.2. The molecule has 0 aliphatic rings. The van der Waals surface area contributed by atoms with Gasteiger partial charge < -0.3 is 4.74 Å². The first kappa shape index (κ1) is 14.1. The van der Waals surface area contributed by atoms with Crippen LogP contribution in [0.2, 0.25) is 10.3 Å². The monoisotopic (exact) mass is 296 g/mol. The smallest absolute Gasteiger partial charge is 0.169 e. The van der Waals surface area contributed by atoms with E-state index in [9.17, 15) is 0 Å². The van der Waals surface area contributed by atoms with E-state index in [-0.39, 0.29) is 12.5 Å². The van der Waals surface area contributed by atoms with Crippen LogP contribution in [0.15, 0.2) is 30.3 Å². The number of ether oxygens (including phenoxy) is 1. The minimum absolute atomic E-state index is 0.184. The molecular weight excluding hydrogens is 283 g/mol. The highest BCUT2D eigenvalue weighted by atomic mass is 35.5. The highest BCUT2D eigenvalue weighted by Gasteiger charge is 2.14. The van der Waals surface area contributed by atoms with Gasteiger partial charge in [0.05, 0.1) is 0 Å². The summed E-state index contributed by atoms with van der Waals surface area (Å²) < 4.78 is 5.56. The van der Waals surface area contributed by atoms with Crippen molar-refractivity contribution in [2.75, 3.05) is 0 Å². The molecule has 1 aromatic heterocycles. The van der Waals surface area contributed by atoms with E-state index < -0.39 is 0 Å². The molecule has 0 aliphatic carbocycles. The second-order valence-corrected chi connectivity index (χ2v) is 5.11. The predicted octanol–water partition coefficient (Wildman–Crippen LogP) is 4.49. The van der Waals surface area contributed by atoms with E-state index in [2.05, 4.69) is 9.97 Å². The average Bonchev–Trinajstić information content (AvgIpc) is 2.36. The Bertz CT molecular complexity index is 536. The highest BCUT2D eigenvalue weighted by Crippen LogP contribution is 2.28. The molecule has 0 unspecified atom stereocenters. The van der Waals surface area contributed by atoms with Gasteiger partial charge in [0, 0.05) is 5.56 Å². The number of halogens is 2. The Kier molecular flexibility index (Phi) is 4.61. The molecule has 0 saturated carbocycles. The van der Waals surface area contributed by atoms with E-state index in [1.807, 2.05) is 44.2 Å². The second-order valence-electron chi connectivity index (χ2n) is 4.39. The minimum atomic E-state index is 0.184. The summed E-state index contributed by atoms with van der Waals surface area (Å²) in [4.78, 5) is 8.43. The molecule has 0 saturated heterocycles. The molecule has 0 spiro atoms. The van der Waals surface area contributed by atoms with Gasteiger partial charge in [-0.1, -0.05) is 55.2 Å². The number of hydrogen-bond donors (Lipinski definition) is 0. The summed E-state index contributed by atoms with van der Waals surface area (Å²) >= 11 is 12.2. The highest BCUT2D eigenvalue weighted by molar-refractivity contribution is 6.34. The van der Waals surface area contributed by atoms with Crippen molar-refractivity contribution in [2.24, 2.45) is 0 Å². The van der Waals surface area contributed by atoms with E-state index in [0.717, 1.165) is 11.3 Å². The summed E-state index contributed by atoms with van der Waals surface area (Å²) in [7, 11) is 0. The number of hydrogen-bond acceptors (Lipinski definition) is 3. The molecule has 100 valence electrons. The van der Waals surface area contributed by atoms with Crippen molar-refractivity contribution < 1.29 is 4.74 Å². The van der Waals surface area contributed by atoms with Gasteiger partial charge in [0.25, 0.3) is 0 Å². The van der Waals surface area contributed by atoms with E-state index in [1.165, 1.54) is 0 Å². The number of nitrogens with zero attached hydrogens (tertiary/aromatic N) is 2. The molecule has 0 aliphatic heterocycles. The number of benzene rings is 1. The Morgan fingerprint density at radius 3 is 2.16 bits per heavy atom. The van der Waals surface area contributed by atoms with E-state index in [1.54, 1.807) is 0 Å². The Morgan fingerprint density at radius 1 is 1.05 bits per heavy atom. The largest absolute Gasteiger partial charge is 0.486 e. The van der Waals surface area contributed by atoms with Crippen molar-refractivity contribution in [3.63, 3.8) is 0 Å². The van der Waals surface area contributed by atoms with E-state index in [0.29, 0.717) is 16.1 Å². The molecule has 2 aromatic rings. The first-order valence-electron chi connectivity index (χ1n) is 5.97. The summed E-state index contributed by atoms with van der Waals surface area (Å²) in [5.41, 5.74) is 0.770. The molecule has 0 radical (unpaired) electrons. The van der Waals surface area contributed by atoms with Gasteiger partial charge in [0.2, 0.25) is 0 Å². The summed E-state index contributed by atoms with van der Waals surface area (Å²) in [6, 6.07) is 9.46. The van der Waals surface area contributed by atoms with E-state index in [4.69, 9.17) is 27.9 Å². The standard InChI is InChI=1S/C14H14Cl2N2O/c1-9(2)12-13(15)17-11(18-14(12)16)8-19-10-6-4-3-5-7-10/h3-7,9H,8H2,1-2H3. The summed E-state index contributed by atoms with van der Waals surface area (Å²) in [5, 5.41) is 0.781. The van der Waals surface area contributed by atoms with Crippen molar-refractivity contribution >= 4 is 23.2 Å². The molecular formula is C14H14Cl2N2O. The van der Waals surface area contributed by atoms with Gasteiger partial charge >= 0.3 is 0 Å². The zero-order valence-electron chi connectivity index (χ0n) is 10.7. The Labute approximate surface area is 122 Å². The summed E-state index contributed by atoms with van der Waals surface area (Å²) in [5.74, 6) is 1.42. The molecule has 0 amide bonds. The fraction of sp³-hybridized carbons (Fsp3) is 0.286.